The Morgan fingerprint density at radius 2 is 1.93 bits per heavy atom. The number of carbonyl (C=O) groups excluding carboxylic acids is 1. The number of carbonyl (C=O) groups is 1. The van der Waals surface area contributed by atoms with Crippen LogP contribution in [0.2, 0.25) is 0 Å². The summed E-state index contributed by atoms with van der Waals surface area (Å²) < 4.78 is 0. The van der Waals surface area contributed by atoms with E-state index in [1.165, 1.54) is 0 Å². The zero-order valence-corrected chi connectivity index (χ0v) is 10.4. The molecule has 0 heterocycles. The summed E-state index contributed by atoms with van der Waals surface area (Å²) in [6.45, 7) is 5.08. The molecule has 1 amide bonds. The lowest BCUT2D eigenvalue weighted by atomic mass is 9.88. The summed E-state index contributed by atoms with van der Waals surface area (Å²) >= 11 is 0. The van der Waals surface area contributed by atoms with Crippen molar-refractivity contribution in [2.75, 3.05) is 20.6 Å². The molecule has 0 aromatic rings. The summed E-state index contributed by atoms with van der Waals surface area (Å²) in [5.74, 6) is 1.24. The van der Waals surface area contributed by atoms with Gasteiger partial charge in [-0.2, -0.15) is 0 Å². The molecule has 4 heteroatoms. The molecule has 0 aromatic heterocycles. The zero-order chi connectivity index (χ0) is 11.8. The van der Waals surface area contributed by atoms with Crippen molar-refractivity contribution >= 4 is 5.91 Å². The molecule has 3 N–H and O–H groups in total. The molecule has 0 saturated carbocycles. The molecular formula is C11H25N3O. The van der Waals surface area contributed by atoms with Gasteiger partial charge >= 0.3 is 0 Å². The molecule has 4 nitrogen and oxygen atoms in total. The second kappa shape index (κ2) is 7.65. The van der Waals surface area contributed by atoms with Gasteiger partial charge in [-0.05, 0) is 31.2 Å². The van der Waals surface area contributed by atoms with E-state index in [2.05, 4.69) is 19.3 Å². The van der Waals surface area contributed by atoms with Crippen LogP contribution in [0.4, 0.5) is 0 Å². The predicted molar refractivity (Wildman–Crippen MR) is 63.1 cm³/mol. The SMILES string of the molecule is CC(C)C(CCN)CCC(=O)NN(C)C. The van der Waals surface area contributed by atoms with Gasteiger partial charge in [-0.3, -0.25) is 10.2 Å². The summed E-state index contributed by atoms with van der Waals surface area (Å²) in [4.78, 5) is 11.4. The van der Waals surface area contributed by atoms with Crippen molar-refractivity contribution in [1.29, 1.82) is 0 Å². The lowest BCUT2D eigenvalue weighted by Gasteiger charge is -2.20. The maximum Gasteiger partial charge on any atom is 0.234 e. The zero-order valence-electron chi connectivity index (χ0n) is 10.4. The van der Waals surface area contributed by atoms with Crippen LogP contribution in [0.1, 0.15) is 33.1 Å². The number of rotatable bonds is 7. The average molecular weight is 215 g/mol. The maximum atomic E-state index is 11.4. The highest BCUT2D eigenvalue weighted by Crippen LogP contribution is 2.20. The van der Waals surface area contributed by atoms with Crippen LogP contribution in [0.5, 0.6) is 0 Å². The van der Waals surface area contributed by atoms with Crippen molar-refractivity contribution in [3.63, 3.8) is 0 Å². The maximum absolute atomic E-state index is 11.4. The van der Waals surface area contributed by atoms with Gasteiger partial charge in [0.15, 0.2) is 0 Å². The number of nitrogens with two attached hydrogens (primary N) is 1. The molecule has 0 saturated heterocycles. The number of hydrogen-bond acceptors (Lipinski definition) is 3. The largest absolute Gasteiger partial charge is 0.330 e. The fourth-order valence-corrected chi connectivity index (χ4v) is 1.65. The van der Waals surface area contributed by atoms with Crippen LogP contribution < -0.4 is 11.2 Å². The van der Waals surface area contributed by atoms with Gasteiger partial charge in [0.05, 0.1) is 0 Å². The van der Waals surface area contributed by atoms with Crippen LogP contribution in [-0.4, -0.2) is 31.6 Å². The molecule has 0 aliphatic rings. The third-order valence-corrected chi connectivity index (χ3v) is 2.57. The molecule has 0 fully saturated rings. The lowest BCUT2D eigenvalue weighted by molar-refractivity contribution is -0.125. The normalized spacial score (nSPS) is 13.3. The number of nitrogens with zero attached hydrogens (tertiary/aromatic N) is 1. The van der Waals surface area contributed by atoms with Gasteiger partial charge in [0.25, 0.3) is 0 Å². The second-order valence-electron chi connectivity index (χ2n) is 4.55. The van der Waals surface area contributed by atoms with Crippen LogP contribution in [0.15, 0.2) is 0 Å². The van der Waals surface area contributed by atoms with E-state index >= 15 is 0 Å². The Bertz CT molecular complexity index is 181. The van der Waals surface area contributed by atoms with E-state index in [9.17, 15) is 4.79 Å². The molecule has 1 atom stereocenters. The third-order valence-electron chi connectivity index (χ3n) is 2.57. The average Bonchev–Trinajstić information content (AvgIpc) is 2.10. The van der Waals surface area contributed by atoms with Crippen molar-refractivity contribution in [3.8, 4) is 0 Å². The fourth-order valence-electron chi connectivity index (χ4n) is 1.65. The second-order valence-corrected chi connectivity index (χ2v) is 4.55. The van der Waals surface area contributed by atoms with E-state index in [1.807, 2.05) is 14.1 Å². The Balaban J connectivity index is 3.83. The summed E-state index contributed by atoms with van der Waals surface area (Å²) in [6, 6.07) is 0. The first kappa shape index (κ1) is 14.4. The Labute approximate surface area is 93.2 Å². The molecule has 0 bridgehead atoms. The Morgan fingerprint density at radius 1 is 1.33 bits per heavy atom. The van der Waals surface area contributed by atoms with E-state index in [0.717, 1.165) is 12.8 Å². The molecule has 0 aromatic carbocycles. The lowest BCUT2D eigenvalue weighted by Crippen LogP contribution is -2.36. The van der Waals surface area contributed by atoms with Gasteiger partial charge in [-0.1, -0.05) is 13.8 Å². The van der Waals surface area contributed by atoms with Crippen LogP contribution in [0.25, 0.3) is 0 Å². The van der Waals surface area contributed by atoms with Crippen molar-refractivity contribution < 1.29 is 4.79 Å². The van der Waals surface area contributed by atoms with E-state index in [1.54, 1.807) is 5.01 Å². The topological polar surface area (TPSA) is 58.4 Å². The minimum atomic E-state index is 0.0858. The van der Waals surface area contributed by atoms with E-state index in [4.69, 9.17) is 5.73 Å². The Hall–Kier alpha value is -0.610. The summed E-state index contributed by atoms with van der Waals surface area (Å²) in [5.41, 5.74) is 8.29. The van der Waals surface area contributed by atoms with Gasteiger partial charge in [0.1, 0.15) is 0 Å². The van der Waals surface area contributed by atoms with Gasteiger partial charge < -0.3 is 5.73 Å². The quantitative estimate of drug-likeness (QED) is 0.622. The van der Waals surface area contributed by atoms with Crippen LogP contribution in [0, 0.1) is 11.8 Å². The molecular weight excluding hydrogens is 190 g/mol. The highest BCUT2D eigenvalue weighted by Gasteiger charge is 2.14. The molecule has 0 radical (unpaired) electrons. The summed E-state index contributed by atoms with van der Waals surface area (Å²) in [7, 11) is 3.63. The first-order valence-corrected chi connectivity index (χ1v) is 5.64. The highest BCUT2D eigenvalue weighted by atomic mass is 16.2. The van der Waals surface area contributed by atoms with Gasteiger partial charge in [-0.15, -0.1) is 0 Å². The van der Waals surface area contributed by atoms with E-state index in [0.29, 0.717) is 24.8 Å². The molecule has 15 heavy (non-hydrogen) atoms. The first-order valence-electron chi connectivity index (χ1n) is 5.64. The molecule has 0 aliphatic heterocycles. The van der Waals surface area contributed by atoms with E-state index < -0.39 is 0 Å². The van der Waals surface area contributed by atoms with Crippen molar-refractivity contribution in [2.24, 2.45) is 17.6 Å². The Morgan fingerprint density at radius 3 is 2.33 bits per heavy atom. The minimum absolute atomic E-state index is 0.0858. The number of hydrogen-bond donors (Lipinski definition) is 2. The molecule has 0 aliphatic carbocycles. The van der Waals surface area contributed by atoms with Crippen LogP contribution in [-0.2, 0) is 4.79 Å². The molecule has 0 spiro atoms. The highest BCUT2D eigenvalue weighted by molar-refractivity contribution is 5.75. The standard InChI is InChI=1S/C11H25N3O/c1-9(2)10(7-8-12)5-6-11(15)13-14(3)4/h9-10H,5-8,12H2,1-4H3,(H,13,15). The predicted octanol–water partition coefficient (Wildman–Crippen LogP) is 0.980. The monoisotopic (exact) mass is 215 g/mol. The number of nitrogens with one attached hydrogen (secondary N) is 1. The fraction of sp³-hybridized carbons (Fsp3) is 0.909. The van der Waals surface area contributed by atoms with Crippen molar-refractivity contribution in [1.82, 2.24) is 10.4 Å². The third kappa shape index (κ3) is 7.33. The van der Waals surface area contributed by atoms with Crippen LogP contribution >= 0.6 is 0 Å². The number of hydrazine groups is 1. The van der Waals surface area contributed by atoms with Crippen LogP contribution in [0.3, 0.4) is 0 Å². The number of amides is 1. The van der Waals surface area contributed by atoms with Crippen molar-refractivity contribution in [2.45, 2.75) is 33.1 Å². The van der Waals surface area contributed by atoms with Gasteiger partial charge in [0, 0.05) is 20.5 Å². The Kier molecular flexibility index (Phi) is 7.34. The summed E-state index contributed by atoms with van der Waals surface area (Å²) in [6.07, 6.45) is 2.52. The minimum Gasteiger partial charge on any atom is -0.330 e. The van der Waals surface area contributed by atoms with Gasteiger partial charge in [-0.25, -0.2) is 5.01 Å². The van der Waals surface area contributed by atoms with Crippen molar-refractivity contribution in [3.05, 3.63) is 0 Å². The smallest absolute Gasteiger partial charge is 0.234 e. The van der Waals surface area contributed by atoms with Gasteiger partial charge in [0.2, 0.25) is 5.91 Å². The molecule has 90 valence electrons. The molecule has 1 unspecified atom stereocenters. The van der Waals surface area contributed by atoms with E-state index in [-0.39, 0.29) is 5.91 Å². The summed E-state index contributed by atoms with van der Waals surface area (Å²) in [5, 5.41) is 1.68. The molecule has 0 rings (SSSR count). The first-order chi connectivity index (χ1) is 6.97.